The Bertz CT molecular complexity index is 461. The fraction of sp³-hybridized carbons (Fsp3) is 0.667. The number of aromatic nitrogens is 2. The Balaban J connectivity index is 2.00. The molecule has 1 aromatic rings. The van der Waals surface area contributed by atoms with Crippen LogP contribution >= 0.6 is 0 Å². The van der Waals surface area contributed by atoms with Gasteiger partial charge in [0.05, 0.1) is 0 Å². The lowest BCUT2D eigenvalue weighted by Gasteiger charge is -2.36. The van der Waals surface area contributed by atoms with Gasteiger partial charge in [0.25, 0.3) is 0 Å². The van der Waals surface area contributed by atoms with E-state index in [1.807, 2.05) is 27.0 Å². The quantitative estimate of drug-likeness (QED) is 0.886. The highest BCUT2D eigenvalue weighted by Gasteiger charge is 2.32. The second-order valence-electron chi connectivity index (χ2n) is 5.79. The molecule has 1 fully saturated rings. The molecule has 1 heterocycles. The topological polar surface area (TPSA) is 66.9 Å². The SMILES string of the molecule is CNC1(CC(=O)Nc2nc(C)cc(C)n2)CCCCC1. The lowest BCUT2D eigenvalue weighted by Crippen LogP contribution is -2.47. The van der Waals surface area contributed by atoms with Crippen molar-refractivity contribution < 1.29 is 4.79 Å². The van der Waals surface area contributed by atoms with Gasteiger partial charge in [0.1, 0.15) is 0 Å². The summed E-state index contributed by atoms with van der Waals surface area (Å²) in [5, 5.41) is 6.18. The zero-order valence-corrected chi connectivity index (χ0v) is 12.6. The maximum Gasteiger partial charge on any atom is 0.229 e. The number of hydrogen-bond acceptors (Lipinski definition) is 4. The molecule has 5 nitrogen and oxygen atoms in total. The van der Waals surface area contributed by atoms with E-state index in [0.29, 0.717) is 12.4 Å². The fourth-order valence-electron chi connectivity index (χ4n) is 3.00. The van der Waals surface area contributed by atoms with Crippen LogP contribution in [-0.2, 0) is 4.79 Å². The van der Waals surface area contributed by atoms with Crippen LogP contribution in [0.25, 0.3) is 0 Å². The molecule has 2 rings (SSSR count). The zero-order chi connectivity index (χ0) is 14.6. The summed E-state index contributed by atoms with van der Waals surface area (Å²) in [7, 11) is 1.95. The molecule has 20 heavy (non-hydrogen) atoms. The van der Waals surface area contributed by atoms with Crippen LogP contribution < -0.4 is 10.6 Å². The molecule has 0 radical (unpaired) electrons. The number of nitrogens with zero attached hydrogens (tertiary/aromatic N) is 2. The normalized spacial score (nSPS) is 17.8. The van der Waals surface area contributed by atoms with Gasteiger partial charge in [-0.05, 0) is 39.8 Å². The lowest BCUT2D eigenvalue weighted by molar-refractivity contribution is -0.118. The summed E-state index contributed by atoms with van der Waals surface area (Å²) in [4.78, 5) is 20.7. The third-order valence-electron chi connectivity index (χ3n) is 4.07. The van der Waals surface area contributed by atoms with Crippen LogP contribution in [0.5, 0.6) is 0 Å². The van der Waals surface area contributed by atoms with Crippen LogP contribution in [0.3, 0.4) is 0 Å². The Labute approximate surface area is 120 Å². The van der Waals surface area contributed by atoms with Gasteiger partial charge in [-0.15, -0.1) is 0 Å². The zero-order valence-electron chi connectivity index (χ0n) is 12.6. The predicted molar refractivity (Wildman–Crippen MR) is 79.6 cm³/mol. The van der Waals surface area contributed by atoms with Gasteiger partial charge in [-0.1, -0.05) is 19.3 Å². The van der Waals surface area contributed by atoms with E-state index >= 15 is 0 Å². The maximum absolute atomic E-state index is 12.2. The molecule has 0 aromatic carbocycles. The van der Waals surface area contributed by atoms with Crippen molar-refractivity contribution in [1.82, 2.24) is 15.3 Å². The van der Waals surface area contributed by atoms with Crippen molar-refractivity contribution in [3.63, 3.8) is 0 Å². The van der Waals surface area contributed by atoms with Gasteiger partial charge in [-0.25, -0.2) is 9.97 Å². The first-order valence-corrected chi connectivity index (χ1v) is 7.34. The Hall–Kier alpha value is -1.49. The molecule has 0 aliphatic heterocycles. The number of aryl methyl sites for hydroxylation is 2. The van der Waals surface area contributed by atoms with Crippen molar-refractivity contribution in [1.29, 1.82) is 0 Å². The number of anilines is 1. The molecular formula is C15H24N4O. The molecule has 0 atom stereocenters. The Morgan fingerprint density at radius 1 is 1.20 bits per heavy atom. The number of rotatable bonds is 4. The van der Waals surface area contributed by atoms with Crippen molar-refractivity contribution in [3.8, 4) is 0 Å². The molecule has 1 aromatic heterocycles. The van der Waals surface area contributed by atoms with Crippen molar-refractivity contribution in [2.45, 2.75) is 57.9 Å². The molecule has 1 saturated carbocycles. The Morgan fingerprint density at radius 3 is 2.35 bits per heavy atom. The molecule has 0 bridgehead atoms. The number of amides is 1. The first-order chi connectivity index (χ1) is 9.53. The molecule has 2 N–H and O–H groups in total. The van der Waals surface area contributed by atoms with Crippen LogP contribution in [-0.4, -0.2) is 28.5 Å². The second-order valence-corrected chi connectivity index (χ2v) is 5.79. The van der Waals surface area contributed by atoms with Crippen molar-refractivity contribution in [3.05, 3.63) is 17.5 Å². The molecule has 0 saturated heterocycles. The molecule has 1 aliphatic carbocycles. The highest BCUT2D eigenvalue weighted by molar-refractivity contribution is 5.89. The maximum atomic E-state index is 12.2. The molecule has 110 valence electrons. The smallest absolute Gasteiger partial charge is 0.229 e. The van der Waals surface area contributed by atoms with E-state index in [4.69, 9.17) is 0 Å². The second kappa shape index (κ2) is 6.31. The van der Waals surface area contributed by atoms with Crippen LogP contribution in [0.15, 0.2) is 6.07 Å². The summed E-state index contributed by atoms with van der Waals surface area (Å²) in [5.74, 6) is 0.404. The third-order valence-corrected chi connectivity index (χ3v) is 4.07. The number of carbonyl (C=O) groups excluding carboxylic acids is 1. The first kappa shape index (κ1) is 14.9. The van der Waals surface area contributed by atoms with E-state index in [-0.39, 0.29) is 11.4 Å². The van der Waals surface area contributed by atoms with E-state index in [0.717, 1.165) is 24.2 Å². The van der Waals surface area contributed by atoms with E-state index in [2.05, 4.69) is 20.6 Å². The van der Waals surface area contributed by atoms with Gasteiger partial charge < -0.3 is 5.32 Å². The van der Waals surface area contributed by atoms with Crippen LogP contribution in [0, 0.1) is 13.8 Å². The number of hydrogen-bond donors (Lipinski definition) is 2. The predicted octanol–water partition coefficient (Wildman–Crippen LogP) is 2.34. The molecule has 0 unspecified atom stereocenters. The largest absolute Gasteiger partial charge is 0.314 e. The summed E-state index contributed by atoms with van der Waals surface area (Å²) in [6, 6.07) is 1.89. The van der Waals surface area contributed by atoms with E-state index in [9.17, 15) is 4.79 Å². The van der Waals surface area contributed by atoms with Crippen LogP contribution in [0.1, 0.15) is 49.9 Å². The summed E-state index contributed by atoms with van der Waals surface area (Å²) in [5.41, 5.74) is 1.68. The van der Waals surface area contributed by atoms with Crippen molar-refractivity contribution >= 4 is 11.9 Å². The fourth-order valence-corrected chi connectivity index (χ4v) is 3.00. The minimum Gasteiger partial charge on any atom is -0.314 e. The first-order valence-electron chi connectivity index (χ1n) is 7.34. The summed E-state index contributed by atoms with van der Waals surface area (Å²) < 4.78 is 0. The van der Waals surface area contributed by atoms with Crippen LogP contribution in [0.2, 0.25) is 0 Å². The minimum absolute atomic E-state index is 0.00810. The molecule has 0 spiro atoms. The number of carbonyl (C=O) groups is 1. The van der Waals surface area contributed by atoms with Crippen LogP contribution in [0.4, 0.5) is 5.95 Å². The molecule has 1 aliphatic rings. The minimum atomic E-state index is -0.0544. The monoisotopic (exact) mass is 276 g/mol. The van der Waals surface area contributed by atoms with E-state index < -0.39 is 0 Å². The molecular weight excluding hydrogens is 252 g/mol. The lowest BCUT2D eigenvalue weighted by atomic mass is 9.79. The van der Waals surface area contributed by atoms with Crippen molar-refractivity contribution in [2.75, 3.05) is 12.4 Å². The van der Waals surface area contributed by atoms with Gasteiger partial charge in [-0.3, -0.25) is 10.1 Å². The van der Waals surface area contributed by atoms with Crippen molar-refractivity contribution in [2.24, 2.45) is 0 Å². The standard InChI is InChI=1S/C15H24N4O/c1-11-9-12(2)18-14(17-11)19-13(20)10-15(16-3)7-5-4-6-8-15/h9,16H,4-8,10H2,1-3H3,(H,17,18,19,20). The summed E-state index contributed by atoms with van der Waals surface area (Å²) >= 11 is 0. The highest BCUT2D eigenvalue weighted by atomic mass is 16.1. The highest BCUT2D eigenvalue weighted by Crippen LogP contribution is 2.30. The Morgan fingerprint density at radius 2 is 1.80 bits per heavy atom. The summed E-state index contributed by atoms with van der Waals surface area (Å²) in [6.07, 6.45) is 6.25. The summed E-state index contributed by atoms with van der Waals surface area (Å²) in [6.45, 7) is 3.81. The van der Waals surface area contributed by atoms with Gasteiger partial charge in [-0.2, -0.15) is 0 Å². The van der Waals surface area contributed by atoms with E-state index in [1.54, 1.807) is 0 Å². The average Bonchev–Trinajstić information content (AvgIpc) is 2.38. The average molecular weight is 276 g/mol. The van der Waals surface area contributed by atoms with Gasteiger partial charge in [0, 0.05) is 23.3 Å². The number of nitrogens with one attached hydrogen (secondary N) is 2. The van der Waals surface area contributed by atoms with Gasteiger partial charge >= 0.3 is 0 Å². The van der Waals surface area contributed by atoms with Gasteiger partial charge in [0.15, 0.2) is 0 Å². The Kier molecular flexibility index (Phi) is 4.70. The molecule has 1 amide bonds. The van der Waals surface area contributed by atoms with E-state index in [1.165, 1.54) is 19.3 Å². The van der Waals surface area contributed by atoms with Gasteiger partial charge in [0.2, 0.25) is 11.9 Å². The molecule has 5 heteroatoms. The third kappa shape index (κ3) is 3.76.